The highest BCUT2D eigenvalue weighted by molar-refractivity contribution is 6.38. The van der Waals surface area contributed by atoms with Gasteiger partial charge in [-0.3, -0.25) is 0 Å². The molecule has 1 heterocycles. The van der Waals surface area contributed by atoms with E-state index in [9.17, 15) is 0 Å². The fourth-order valence-electron chi connectivity index (χ4n) is 2.08. The second-order valence-electron chi connectivity index (χ2n) is 3.74. The fraction of sp³-hybridized carbons (Fsp3) is 1.00. The van der Waals surface area contributed by atoms with Crippen molar-refractivity contribution in [2.45, 2.75) is 50.4 Å². The van der Waals surface area contributed by atoms with Crippen molar-refractivity contribution in [2.75, 3.05) is 6.61 Å². The Labute approximate surface area is 77.7 Å². The van der Waals surface area contributed by atoms with Gasteiger partial charge in [0.1, 0.15) is 0 Å². The quantitative estimate of drug-likeness (QED) is 0.665. The van der Waals surface area contributed by atoms with E-state index in [-0.39, 0.29) is 20.8 Å². The molecule has 1 aliphatic rings. The van der Waals surface area contributed by atoms with Gasteiger partial charge in [-0.05, 0) is 25.7 Å². The van der Waals surface area contributed by atoms with Gasteiger partial charge in [0, 0.05) is 12.6 Å². The molecule has 2 unspecified atom stereocenters. The molecule has 0 bridgehead atoms. The fourth-order valence-corrected chi connectivity index (χ4v) is 3.84. The van der Waals surface area contributed by atoms with E-state index in [0.717, 1.165) is 13.0 Å². The number of hydrogen-bond donors (Lipinski definition) is 1. The summed E-state index contributed by atoms with van der Waals surface area (Å²) in [6, 6.07) is 0.287. The molecule has 72 valence electrons. The van der Waals surface area contributed by atoms with Crippen LogP contribution < -0.4 is 5.73 Å². The van der Waals surface area contributed by atoms with Gasteiger partial charge in [0.15, 0.2) is 0 Å². The van der Waals surface area contributed by atoms with Gasteiger partial charge in [-0.25, -0.2) is 0 Å². The maximum absolute atomic E-state index is 6.10. The van der Waals surface area contributed by atoms with Gasteiger partial charge in [0.25, 0.3) is 0 Å². The predicted octanol–water partition coefficient (Wildman–Crippen LogP) is 0.837. The maximum atomic E-state index is 6.10. The van der Waals surface area contributed by atoms with E-state index in [1.54, 1.807) is 0 Å². The van der Waals surface area contributed by atoms with E-state index in [1.807, 2.05) is 0 Å². The summed E-state index contributed by atoms with van der Waals surface area (Å²) in [6.45, 7) is 5.42. The zero-order valence-electron chi connectivity index (χ0n) is 8.31. The molecule has 0 aromatic rings. The molecule has 12 heavy (non-hydrogen) atoms. The first kappa shape index (κ1) is 10.2. The molecular weight excluding hydrogens is 166 g/mol. The molecule has 0 spiro atoms. The van der Waals surface area contributed by atoms with Crippen molar-refractivity contribution >= 4 is 9.52 Å². The van der Waals surface area contributed by atoms with Crippen LogP contribution in [0.25, 0.3) is 0 Å². The van der Waals surface area contributed by atoms with Crippen LogP contribution in [0.4, 0.5) is 0 Å². The minimum absolute atomic E-state index is 0.144. The summed E-state index contributed by atoms with van der Waals surface area (Å²) in [4.78, 5) is 0. The highest BCUT2D eigenvalue weighted by Gasteiger charge is 2.36. The summed E-state index contributed by atoms with van der Waals surface area (Å²) < 4.78 is 5.90. The Kier molecular flexibility index (Phi) is 3.74. The first-order chi connectivity index (χ1) is 5.75. The second-order valence-corrected chi connectivity index (χ2v) is 5.64. The van der Waals surface area contributed by atoms with Crippen molar-refractivity contribution in [1.82, 2.24) is 0 Å². The lowest BCUT2D eigenvalue weighted by Crippen LogP contribution is -2.55. The monoisotopic (exact) mass is 187 g/mol. The summed E-state index contributed by atoms with van der Waals surface area (Å²) in [5, 5.41) is 0.146. The van der Waals surface area contributed by atoms with Gasteiger partial charge in [0.2, 0.25) is 0 Å². The van der Waals surface area contributed by atoms with Crippen LogP contribution in [0.2, 0.25) is 6.55 Å². The number of hydrogen-bond acceptors (Lipinski definition) is 2. The van der Waals surface area contributed by atoms with Crippen molar-refractivity contribution in [3.8, 4) is 0 Å². The molecule has 1 rings (SSSR count). The Bertz CT molecular complexity index is 134. The molecule has 1 saturated heterocycles. The highest BCUT2D eigenvalue weighted by atomic mass is 28.2. The molecule has 3 heteroatoms. The largest absolute Gasteiger partial charge is 0.378 e. The van der Waals surface area contributed by atoms with Crippen molar-refractivity contribution in [3.05, 3.63) is 0 Å². The van der Waals surface area contributed by atoms with E-state index in [0.29, 0.717) is 0 Å². The van der Waals surface area contributed by atoms with Crippen LogP contribution in [0, 0.1) is 0 Å². The predicted molar refractivity (Wildman–Crippen MR) is 55.2 cm³/mol. The third-order valence-corrected chi connectivity index (χ3v) is 5.38. The topological polar surface area (TPSA) is 35.2 Å². The Hall–Kier alpha value is 0.137. The first-order valence-corrected chi connectivity index (χ1v) is 7.27. The average molecular weight is 187 g/mol. The molecule has 2 N–H and O–H groups in total. The zero-order valence-corrected chi connectivity index (χ0v) is 9.72. The van der Waals surface area contributed by atoms with Gasteiger partial charge in [-0.1, -0.05) is 13.5 Å². The zero-order chi connectivity index (χ0) is 9.03. The van der Waals surface area contributed by atoms with Crippen molar-refractivity contribution in [2.24, 2.45) is 5.73 Å². The summed E-state index contributed by atoms with van der Waals surface area (Å²) in [7, 11) is -0.144. The molecule has 0 aliphatic carbocycles. The third-order valence-electron chi connectivity index (χ3n) is 3.10. The summed E-state index contributed by atoms with van der Waals surface area (Å²) >= 11 is 0. The lowest BCUT2D eigenvalue weighted by atomic mass is 10.00. The molecule has 0 radical (unpaired) electrons. The molecule has 2 atom stereocenters. The Morgan fingerprint density at radius 2 is 2.33 bits per heavy atom. The third kappa shape index (κ3) is 1.89. The van der Waals surface area contributed by atoms with Gasteiger partial charge < -0.3 is 10.5 Å². The van der Waals surface area contributed by atoms with Gasteiger partial charge in [0.05, 0.1) is 14.7 Å². The van der Waals surface area contributed by atoms with Crippen molar-refractivity contribution in [3.63, 3.8) is 0 Å². The summed E-state index contributed by atoms with van der Waals surface area (Å²) in [6.07, 6.45) is 4.81. The summed E-state index contributed by atoms with van der Waals surface area (Å²) in [5.74, 6) is 0. The van der Waals surface area contributed by atoms with E-state index >= 15 is 0 Å². The standard InChI is InChI=1S/C9H21NOSi/c1-3-8(10)9(12-2)6-4-5-7-11-9/h8H,3-7,10,12H2,1-2H3. The molecule has 0 aromatic heterocycles. The van der Waals surface area contributed by atoms with Crippen LogP contribution in [0.15, 0.2) is 0 Å². The molecule has 0 amide bonds. The Morgan fingerprint density at radius 3 is 2.75 bits per heavy atom. The number of nitrogens with two attached hydrogens (primary N) is 1. The van der Waals surface area contributed by atoms with Crippen LogP contribution in [0.3, 0.4) is 0 Å². The molecule has 1 aliphatic heterocycles. The average Bonchev–Trinajstić information content (AvgIpc) is 2.17. The molecular formula is C9H21NOSi. The van der Waals surface area contributed by atoms with Gasteiger partial charge >= 0.3 is 0 Å². The van der Waals surface area contributed by atoms with Gasteiger partial charge in [-0.15, -0.1) is 0 Å². The molecule has 0 saturated carbocycles. The van der Waals surface area contributed by atoms with E-state index in [1.165, 1.54) is 19.3 Å². The molecule has 2 nitrogen and oxygen atoms in total. The van der Waals surface area contributed by atoms with Crippen LogP contribution in [0.1, 0.15) is 32.6 Å². The van der Waals surface area contributed by atoms with E-state index in [2.05, 4.69) is 13.5 Å². The molecule has 1 fully saturated rings. The van der Waals surface area contributed by atoms with Crippen LogP contribution in [-0.4, -0.2) is 27.4 Å². The van der Waals surface area contributed by atoms with Gasteiger partial charge in [-0.2, -0.15) is 0 Å². The van der Waals surface area contributed by atoms with Crippen LogP contribution in [0.5, 0.6) is 0 Å². The van der Waals surface area contributed by atoms with Crippen molar-refractivity contribution in [1.29, 1.82) is 0 Å². The SMILES string of the molecule is CCC(N)C1([SiH2]C)CCCCO1. The van der Waals surface area contributed by atoms with E-state index in [4.69, 9.17) is 10.5 Å². The minimum atomic E-state index is -0.144. The molecule has 0 aromatic carbocycles. The normalized spacial score (nSPS) is 34.2. The van der Waals surface area contributed by atoms with Crippen LogP contribution in [-0.2, 0) is 4.74 Å². The smallest absolute Gasteiger partial charge is 0.0663 e. The number of ether oxygens (including phenoxy) is 1. The highest BCUT2D eigenvalue weighted by Crippen LogP contribution is 2.27. The lowest BCUT2D eigenvalue weighted by molar-refractivity contribution is -0.0365. The number of rotatable bonds is 3. The maximum Gasteiger partial charge on any atom is 0.0663 e. The Balaban J connectivity index is 2.59. The lowest BCUT2D eigenvalue weighted by Gasteiger charge is -2.41. The van der Waals surface area contributed by atoms with E-state index < -0.39 is 0 Å². The minimum Gasteiger partial charge on any atom is -0.378 e. The Morgan fingerprint density at radius 1 is 1.58 bits per heavy atom. The van der Waals surface area contributed by atoms with Crippen molar-refractivity contribution < 1.29 is 4.74 Å². The second kappa shape index (κ2) is 4.39. The summed E-state index contributed by atoms with van der Waals surface area (Å²) in [5.41, 5.74) is 6.10. The first-order valence-electron chi connectivity index (χ1n) is 5.14. The van der Waals surface area contributed by atoms with Crippen LogP contribution >= 0.6 is 0 Å².